The van der Waals surface area contributed by atoms with E-state index in [0.29, 0.717) is 31.7 Å². The van der Waals surface area contributed by atoms with Gasteiger partial charge in [-0.3, -0.25) is 4.79 Å². The molecule has 1 aliphatic rings. The third-order valence-electron chi connectivity index (χ3n) is 3.64. The molecule has 0 bridgehead atoms. The van der Waals surface area contributed by atoms with Crippen LogP contribution in [0.5, 0.6) is 0 Å². The Kier molecular flexibility index (Phi) is 4.88. The van der Waals surface area contributed by atoms with Crippen LogP contribution in [0.2, 0.25) is 0 Å². The molecule has 0 saturated carbocycles. The molecule has 0 aliphatic carbocycles. The molecule has 0 radical (unpaired) electrons. The molecule has 0 spiro atoms. The SMILES string of the molecule is Cc1cccc(C(=O)N2CCN(C(=O)N(C)C)CC2)c1Br. The number of hydrogen-bond donors (Lipinski definition) is 0. The van der Waals surface area contributed by atoms with Gasteiger partial charge in [-0.15, -0.1) is 0 Å². The summed E-state index contributed by atoms with van der Waals surface area (Å²) in [5.74, 6) is 0.0162. The van der Waals surface area contributed by atoms with E-state index in [9.17, 15) is 9.59 Å². The largest absolute Gasteiger partial charge is 0.335 e. The summed E-state index contributed by atoms with van der Waals surface area (Å²) in [7, 11) is 3.48. The molecule has 0 atom stereocenters. The van der Waals surface area contributed by atoms with E-state index in [-0.39, 0.29) is 11.9 Å². The number of urea groups is 1. The molecule has 1 aliphatic heterocycles. The lowest BCUT2D eigenvalue weighted by Crippen LogP contribution is -2.52. The van der Waals surface area contributed by atoms with Gasteiger partial charge in [-0.2, -0.15) is 0 Å². The first kappa shape index (κ1) is 15.8. The number of halogens is 1. The Bertz CT molecular complexity index is 552. The highest BCUT2D eigenvalue weighted by Crippen LogP contribution is 2.23. The molecule has 21 heavy (non-hydrogen) atoms. The third kappa shape index (κ3) is 3.37. The molecular weight excluding hydrogens is 334 g/mol. The van der Waals surface area contributed by atoms with E-state index in [1.54, 1.807) is 28.8 Å². The number of nitrogens with zero attached hydrogens (tertiary/aromatic N) is 3. The van der Waals surface area contributed by atoms with Gasteiger partial charge in [0.05, 0.1) is 5.56 Å². The first-order valence-electron chi connectivity index (χ1n) is 6.92. The van der Waals surface area contributed by atoms with Crippen LogP contribution in [0.1, 0.15) is 15.9 Å². The van der Waals surface area contributed by atoms with Crippen molar-refractivity contribution >= 4 is 27.9 Å². The highest BCUT2D eigenvalue weighted by Gasteiger charge is 2.26. The standard InChI is InChI=1S/C15H20BrN3O2/c1-11-5-4-6-12(13(11)16)14(20)18-7-9-19(10-8-18)15(21)17(2)3/h4-6H,7-10H2,1-3H3. The first-order chi connectivity index (χ1) is 9.91. The van der Waals surface area contributed by atoms with Crippen molar-refractivity contribution in [2.75, 3.05) is 40.3 Å². The Balaban J connectivity index is 2.04. The molecule has 1 fully saturated rings. The zero-order chi connectivity index (χ0) is 15.6. The highest BCUT2D eigenvalue weighted by molar-refractivity contribution is 9.10. The summed E-state index contributed by atoms with van der Waals surface area (Å²) in [6.45, 7) is 4.25. The fourth-order valence-electron chi connectivity index (χ4n) is 2.37. The fourth-order valence-corrected chi connectivity index (χ4v) is 2.80. The summed E-state index contributed by atoms with van der Waals surface area (Å²) in [6, 6.07) is 5.68. The molecule has 6 heteroatoms. The van der Waals surface area contributed by atoms with Gasteiger partial charge in [-0.05, 0) is 34.5 Å². The van der Waals surface area contributed by atoms with Crippen LogP contribution >= 0.6 is 15.9 Å². The van der Waals surface area contributed by atoms with Crippen LogP contribution in [0.3, 0.4) is 0 Å². The Labute approximate surface area is 133 Å². The summed E-state index contributed by atoms with van der Waals surface area (Å²) in [6.07, 6.45) is 0. The number of hydrogen-bond acceptors (Lipinski definition) is 2. The zero-order valence-corrected chi connectivity index (χ0v) is 14.2. The van der Waals surface area contributed by atoms with Gasteiger partial charge in [-0.25, -0.2) is 4.79 Å². The second-order valence-corrected chi connectivity index (χ2v) is 6.19. The molecule has 114 valence electrons. The minimum absolute atomic E-state index is 0.00108. The first-order valence-corrected chi connectivity index (χ1v) is 7.71. The molecular formula is C15H20BrN3O2. The van der Waals surface area contributed by atoms with Crippen molar-refractivity contribution in [3.05, 3.63) is 33.8 Å². The molecule has 1 heterocycles. The average molecular weight is 354 g/mol. The number of benzene rings is 1. The normalized spacial score (nSPS) is 15.0. The predicted molar refractivity (Wildman–Crippen MR) is 85.4 cm³/mol. The molecule has 2 rings (SSSR count). The topological polar surface area (TPSA) is 43.9 Å². The van der Waals surface area contributed by atoms with E-state index >= 15 is 0 Å². The van der Waals surface area contributed by atoms with Gasteiger partial charge in [0.25, 0.3) is 5.91 Å². The van der Waals surface area contributed by atoms with Gasteiger partial charge in [0.15, 0.2) is 0 Å². The maximum Gasteiger partial charge on any atom is 0.319 e. The lowest BCUT2D eigenvalue weighted by Gasteiger charge is -2.36. The zero-order valence-electron chi connectivity index (χ0n) is 12.6. The van der Waals surface area contributed by atoms with Crippen molar-refractivity contribution in [1.82, 2.24) is 14.7 Å². The molecule has 0 N–H and O–H groups in total. The van der Waals surface area contributed by atoms with Gasteiger partial charge >= 0.3 is 6.03 Å². The van der Waals surface area contributed by atoms with Crippen LogP contribution in [-0.2, 0) is 0 Å². The Morgan fingerprint density at radius 2 is 1.67 bits per heavy atom. The van der Waals surface area contributed by atoms with Crippen molar-refractivity contribution in [1.29, 1.82) is 0 Å². The van der Waals surface area contributed by atoms with Gasteiger partial charge in [0.2, 0.25) is 0 Å². The van der Waals surface area contributed by atoms with Crippen LogP contribution in [-0.4, -0.2) is 66.9 Å². The molecule has 1 saturated heterocycles. The molecule has 1 aromatic carbocycles. The quantitative estimate of drug-likeness (QED) is 0.776. The number of amides is 3. The van der Waals surface area contributed by atoms with Crippen molar-refractivity contribution < 1.29 is 9.59 Å². The minimum atomic E-state index is -0.00108. The molecule has 0 aromatic heterocycles. The van der Waals surface area contributed by atoms with Gasteiger partial charge in [-0.1, -0.05) is 12.1 Å². The van der Waals surface area contributed by atoms with Crippen molar-refractivity contribution in [2.45, 2.75) is 6.92 Å². The van der Waals surface area contributed by atoms with Crippen LogP contribution in [0.15, 0.2) is 22.7 Å². The Morgan fingerprint density at radius 3 is 2.24 bits per heavy atom. The second kappa shape index (κ2) is 6.47. The molecule has 5 nitrogen and oxygen atoms in total. The molecule has 0 unspecified atom stereocenters. The summed E-state index contributed by atoms with van der Waals surface area (Å²) in [5.41, 5.74) is 1.73. The Morgan fingerprint density at radius 1 is 1.10 bits per heavy atom. The number of aryl methyl sites for hydroxylation is 1. The van der Waals surface area contributed by atoms with E-state index in [1.807, 2.05) is 25.1 Å². The monoisotopic (exact) mass is 353 g/mol. The number of rotatable bonds is 1. The molecule has 1 aromatic rings. The smallest absolute Gasteiger partial charge is 0.319 e. The maximum absolute atomic E-state index is 12.6. The lowest BCUT2D eigenvalue weighted by molar-refractivity contribution is 0.0649. The van der Waals surface area contributed by atoms with Gasteiger partial charge < -0.3 is 14.7 Å². The highest BCUT2D eigenvalue weighted by atomic mass is 79.9. The summed E-state index contributed by atoms with van der Waals surface area (Å²) in [4.78, 5) is 29.6. The van der Waals surface area contributed by atoms with Crippen molar-refractivity contribution in [2.24, 2.45) is 0 Å². The van der Waals surface area contributed by atoms with E-state index in [2.05, 4.69) is 15.9 Å². The maximum atomic E-state index is 12.6. The van der Waals surface area contributed by atoms with Crippen LogP contribution in [0, 0.1) is 6.92 Å². The van der Waals surface area contributed by atoms with Crippen LogP contribution in [0.4, 0.5) is 4.79 Å². The van der Waals surface area contributed by atoms with E-state index < -0.39 is 0 Å². The summed E-state index contributed by atoms with van der Waals surface area (Å²) < 4.78 is 0.849. The summed E-state index contributed by atoms with van der Waals surface area (Å²) >= 11 is 3.48. The van der Waals surface area contributed by atoms with Crippen LogP contribution < -0.4 is 0 Å². The fraction of sp³-hybridized carbons (Fsp3) is 0.467. The van der Waals surface area contributed by atoms with Crippen molar-refractivity contribution in [3.8, 4) is 0 Å². The number of carbonyl (C=O) groups excluding carboxylic acids is 2. The third-order valence-corrected chi connectivity index (χ3v) is 4.69. The minimum Gasteiger partial charge on any atom is -0.335 e. The van der Waals surface area contributed by atoms with Crippen LogP contribution in [0.25, 0.3) is 0 Å². The van der Waals surface area contributed by atoms with Gasteiger partial charge in [0, 0.05) is 44.7 Å². The number of piperazine rings is 1. The molecule has 3 amide bonds. The average Bonchev–Trinajstić information content (AvgIpc) is 2.48. The van der Waals surface area contributed by atoms with E-state index in [4.69, 9.17) is 0 Å². The number of carbonyl (C=O) groups is 2. The van der Waals surface area contributed by atoms with Gasteiger partial charge in [0.1, 0.15) is 0 Å². The Hall–Kier alpha value is -1.56. The van der Waals surface area contributed by atoms with E-state index in [1.165, 1.54) is 0 Å². The second-order valence-electron chi connectivity index (χ2n) is 5.39. The van der Waals surface area contributed by atoms with Crippen molar-refractivity contribution in [3.63, 3.8) is 0 Å². The predicted octanol–water partition coefficient (Wildman–Crippen LogP) is 2.20. The van der Waals surface area contributed by atoms with E-state index in [0.717, 1.165) is 10.0 Å². The lowest BCUT2D eigenvalue weighted by atomic mass is 10.1. The summed E-state index contributed by atoms with van der Waals surface area (Å²) in [5, 5.41) is 0.